The number of rotatable bonds is 6. The quantitative estimate of drug-likeness (QED) is 0.715. The molecule has 0 radical (unpaired) electrons. The molecule has 1 aliphatic rings. The number of alkyl halides is 3. The molecule has 3 atom stereocenters. The van der Waals surface area contributed by atoms with Crippen molar-refractivity contribution in [1.29, 1.82) is 0 Å². The summed E-state index contributed by atoms with van der Waals surface area (Å²) in [5.74, 6) is -0.586. The van der Waals surface area contributed by atoms with E-state index >= 15 is 0 Å². The maximum atomic E-state index is 12.7. The molecule has 6 nitrogen and oxygen atoms in total. The van der Waals surface area contributed by atoms with E-state index in [0.717, 1.165) is 18.4 Å². The summed E-state index contributed by atoms with van der Waals surface area (Å²) in [7, 11) is -3.42. The van der Waals surface area contributed by atoms with E-state index < -0.39 is 27.8 Å². The average molecular weight is 441 g/mol. The zero-order valence-corrected chi connectivity index (χ0v) is 17.4. The first-order valence-corrected chi connectivity index (χ1v) is 11.2. The minimum absolute atomic E-state index is 0.101. The number of carbonyl (C=O) groups excluding carboxylic acids is 1. The van der Waals surface area contributed by atoms with E-state index in [4.69, 9.17) is 0 Å². The normalized spacial score (nSPS) is 19.8. The number of sulfonamides is 1. The molecule has 2 N–H and O–H groups in total. The van der Waals surface area contributed by atoms with Crippen LogP contribution in [0, 0.1) is 12.8 Å². The third-order valence-corrected chi connectivity index (χ3v) is 5.59. The molecule has 1 heterocycles. The summed E-state index contributed by atoms with van der Waals surface area (Å²) in [5.41, 5.74) is 1.42. The second kappa shape index (κ2) is 7.90. The summed E-state index contributed by atoms with van der Waals surface area (Å²) in [4.78, 5) is 16.9. The molecular weight excluding hydrogens is 419 g/mol. The van der Waals surface area contributed by atoms with Crippen molar-refractivity contribution in [2.24, 2.45) is 5.92 Å². The summed E-state index contributed by atoms with van der Waals surface area (Å²) in [6, 6.07) is 7.71. The van der Waals surface area contributed by atoms with Crippen LogP contribution in [0.2, 0.25) is 0 Å². The van der Waals surface area contributed by atoms with Crippen LogP contribution in [0.4, 0.5) is 18.9 Å². The fourth-order valence-corrected chi connectivity index (χ4v) is 3.91. The van der Waals surface area contributed by atoms with Gasteiger partial charge in [-0.25, -0.2) is 8.42 Å². The van der Waals surface area contributed by atoms with Crippen LogP contribution in [0.15, 0.2) is 36.4 Å². The van der Waals surface area contributed by atoms with E-state index in [9.17, 15) is 26.4 Å². The predicted octanol–water partition coefficient (Wildman–Crippen LogP) is 3.76. The lowest BCUT2D eigenvalue weighted by molar-refractivity contribution is -0.137. The van der Waals surface area contributed by atoms with Gasteiger partial charge in [-0.05, 0) is 56.0 Å². The van der Waals surface area contributed by atoms with Crippen LogP contribution < -0.4 is 10.0 Å². The molecule has 0 saturated heterocycles. The van der Waals surface area contributed by atoms with Gasteiger partial charge in [-0.3, -0.25) is 14.5 Å². The van der Waals surface area contributed by atoms with Gasteiger partial charge in [0, 0.05) is 5.92 Å². The first-order chi connectivity index (χ1) is 13.8. The second-order valence-corrected chi connectivity index (χ2v) is 9.29. The van der Waals surface area contributed by atoms with Crippen LogP contribution in [0.3, 0.4) is 0 Å². The van der Waals surface area contributed by atoms with Crippen molar-refractivity contribution in [3.8, 4) is 0 Å². The van der Waals surface area contributed by atoms with Crippen LogP contribution in [0.25, 0.3) is 0 Å². The number of aromatic nitrogens is 1. The van der Waals surface area contributed by atoms with Gasteiger partial charge >= 0.3 is 6.18 Å². The van der Waals surface area contributed by atoms with Gasteiger partial charge < -0.3 is 5.32 Å². The van der Waals surface area contributed by atoms with Crippen molar-refractivity contribution in [2.45, 2.75) is 38.4 Å². The van der Waals surface area contributed by atoms with Crippen molar-refractivity contribution < 1.29 is 26.4 Å². The van der Waals surface area contributed by atoms with E-state index in [2.05, 4.69) is 15.0 Å². The molecule has 1 amide bonds. The lowest BCUT2D eigenvalue weighted by Crippen LogP contribution is -2.29. The van der Waals surface area contributed by atoms with Crippen LogP contribution >= 0.6 is 0 Å². The number of hydrogen-bond acceptors (Lipinski definition) is 4. The number of hydrogen-bond donors (Lipinski definition) is 2. The number of pyridine rings is 1. The van der Waals surface area contributed by atoms with Crippen molar-refractivity contribution in [2.75, 3.05) is 11.0 Å². The monoisotopic (exact) mass is 441 g/mol. The van der Waals surface area contributed by atoms with Crippen LogP contribution in [-0.4, -0.2) is 25.6 Å². The Hall–Kier alpha value is -2.62. The van der Waals surface area contributed by atoms with Gasteiger partial charge in [0.15, 0.2) is 0 Å². The maximum absolute atomic E-state index is 12.7. The van der Waals surface area contributed by atoms with Crippen molar-refractivity contribution >= 4 is 21.6 Å². The van der Waals surface area contributed by atoms with Crippen molar-refractivity contribution in [1.82, 2.24) is 10.3 Å². The number of nitrogens with zero attached hydrogens (tertiary/aromatic N) is 1. The van der Waals surface area contributed by atoms with Gasteiger partial charge in [0.1, 0.15) is 0 Å². The molecule has 2 aromatic rings. The number of anilines is 1. The van der Waals surface area contributed by atoms with E-state index in [-0.39, 0.29) is 17.7 Å². The molecule has 1 aromatic heterocycles. The molecule has 3 rings (SSSR count). The third-order valence-electron chi connectivity index (χ3n) is 5.00. The van der Waals surface area contributed by atoms with Crippen molar-refractivity contribution in [3.05, 3.63) is 58.9 Å². The summed E-state index contributed by atoms with van der Waals surface area (Å²) in [6.07, 6.45) is -2.76. The standard InChI is InChI=1S/C20H22F3N3O3S/c1-11(17-8-9-18(12(2)24-17)26-30(3,28)29)25-19(27)16-10-15(16)13-4-6-14(7-5-13)20(21,22)23/h4-9,11,15-16,26H,10H2,1-3H3,(H,25,27)/t11-,15+,16-/m1/s1. The smallest absolute Gasteiger partial charge is 0.348 e. The fraction of sp³-hybridized carbons (Fsp3) is 0.400. The first-order valence-electron chi connectivity index (χ1n) is 9.28. The minimum atomic E-state index is -4.38. The van der Waals surface area contributed by atoms with E-state index in [1.54, 1.807) is 26.0 Å². The Labute approximate surface area is 173 Å². The van der Waals surface area contributed by atoms with Gasteiger partial charge in [0.05, 0.1) is 34.9 Å². The highest BCUT2D eigenvalue weighted by molar-refractivity contribution is 7.92. The SMILES string of the molecule is Cc1nc([C@@H](C)NC(=O)[C@@H]2C[C@H]2c2ccc(C(F)(F)F)cc2)ccc1NS(C)(=O)=O. The highest BCUT2D eigenvalue weighted by Gasteiger charge is 2.44. The highest BCUT2D eigenvalue weighted by Crippen LogP contribution is 2.48. The number of aryl methyl sites for hydroxylation is 1. The van der Waals surface area contributed by atoms with Crippen LogP contribution in [0.5, 0.6) is 0 Å². The average Bonchev–Trinajstić information content (AvgIpc) is 3.42. The second-order valence-electron chi connectivity index (χ2n) is 7.54. The molecule has 0 bridgehead atoms. The molecule has 1 aliphatic carbocycles. The van der Waals surface area contributed by atoms with Gasteiger partial charge in [0.2, 0.25) is 15.9 Å². The molecule has 1 saturated carbocycles. The summed E-state index contributed by atoms with van der Waals surface area (Å²) < 4.78 is 63.1. The topological polar surface area (TPSA) is 88.2 Å². The van der Waals surface area contributed by atoms with Gasteiger partial charge in [-0.1, -0.05) is 12.1 Å². The Bertz CT molecular complexity index is 1050. The Kier molecular flexibility index (Phi) is 5.81. The van der Waals surface area contributed by atoms with E-state index in [0.29, 0.717) is 29.1 Å². The Balaban J connectivity index is 1.61. The largest absolute Gasteiger partial charge is 0.416 e. The number of halogens is 3. The number of carbonyl (C=O) groups is 1. The summed E-state index contributed by atoms with van der Waals surface area (Å²) in [5, 5.41) is 2.87. The Morgan fingerprint density at radius 3 is 2.33 bits per heavy atom. The fourth-order valence-electron chi connectivity index (χ4n) is 3.30. The van der Waals surface area contributed by atoms with E-state index in [1.807, 2.05) is 0 Å². The number of nitrogens with one attached hydrogen (secondary N) is 2. The molecule has 10 heteroatoms. The summed E-state index contributed by atoms with van der Waals surface area (Å²) in [6.45, 7) is 3.42. The predicted molar refractivity (Wildman–Crippen MR) is 106 cm³/mol. The number of amides is 1. The first kappa shape index (κ1) is 22.1. The van der Waals surface area contributed by atoms with Gasteiger partial charge in [-0.2, -0.15) is 13.2 Å². The van der Waals surface area contributed by atoms with Crippen LogP contribution in [-0.2, 0) is 21.0 Å². The lowest BCUT2D eigenvalue weighted by atomic mass is 10.1. The zero-order chi connectivity index (χ0) is 22.3. The molecule has 30 heavy (non-hydrogen) atoms. The molecule has 0 unspecified atom stereocenters. The zero-order valence-electron chi connectivity index (χ0n) is 16.6. The maximum Gasteiger partial charge on any atom is 0.416 e. The molecule has 0 aliphatic heterocycles. The Morgan fingerprint density at radius 1 is 1.17 bits per heavy atom. The van der Waals surface area contributed by atoms with Gasteiger partial charge in [-0.15, -0.1) is 0 Å². The van der Waals surface area contributed by atoms with Crippen LogP contribution in [0.1, 0.15) is 47.8 Å². The molecule has 162 valence electrons. The molecule has 0 spiro atoms. The summed E-state index contributed by atoms with van der Waals surface area (Å²) >= 11 is 0. The van der Waals surface area contributed by atoms with E-state index in [1.165, 1.54) is 12.1 Å². The minimum Gasteiger partial charge on any atom is -0.348 e. The third kappa shape index (κ3) is 5.29. The van der Waals surface area contributed by atoms with Crippen molar-refractivity contribution in [3.63, 3.8) is 0 Å². The Morgan fingerprint density at radius 2 is 1.80 bits per heavy atom. The highest BCUT2D eigenvalue weighted by atomic mass is 32.2. The number of benzene rings is 1. The van der Waals surface area contributed by atoms with Gasteiger partial charge in [0.25, 0.3) is 0 Å². The molecular formula is C20H22F3N3O3S. The molecule has 1 aromatic carbocycles. The lowest BCUT2D eigenvalue weighted by Gasteiger charge is -2.16. The molecule has 1 fully saturated rings.